The second-order valence-corrected chi connectivity index (χ2v) is 7.80. The van der Waals surface area contributed by atoms with E-state index in [9.17, 15) is 9.90 Å². The fraction of sp³-hybridized carbons (Fsp3) is 0. The van der Waals surface area contributed by atoms with E-state index in [4.69, 9.17) is 11.6 Å². The van der Waals surface area contributed by atoms with Crippen LogP contribution in [-0.4, -0.2) is 22.2 Å². The van der Waals surface area contributed by atoms with Crippen LogP contribution in [0.5, 0.6) is 5.75 Å². The van der Waals surface area contributed by atoms with E-state index in [2.05, 4.69) is 20.8 Å². The minimum absolute atomic E-state index is 0.0954. The SMILES string of the molecule is O=C(N/N=C/c1ccccc1O)c1ccc(-c2csc(Nc3ccc(Cl)cc3)n2)cc1. The van der Waals surface area contributed by atoms with E-state index in [0.717, 1.165) is 22.1 Å². The second kappa shape index (κ2) is 9.42. The van der Waals surface area contributed by atoms with Gasteiger partial charge < -0.3 is 10.4 Å². The van der Waals surface area contributed by atoms with Crippen molar-refractivity contribution in [1.82, 2.24) is 10.4 Å². The Morgan fingerprint density at radius 3 is 2.52 bits per heavy atom. The highest BCUT2D eigenvalue weighted by Gasteiger charge is 2.08. The number of halogens is 1. The molecule has 3 aromatic carbocycles. The maximum absolute atomic E-state index is 12.3. The molecule has 154 valence electrons. The summed E-state index contributed by atoms with van der Waals surface area (Å²) >= 11 is 7.40. The van der Waals surface area contributed by atoms with E-state index in [1.807, 2.05) is 41.8 Å². The molecule has 0 aliphatic heterocycles. The Bertz CT molecular complexity index is 1220. The van der Waals surface area contributed by atoms with E-state index >= 15 is 0 Å². The number of carbonyl (C=O) groups is 1. The molecule has 4 aromatic rings. The Morgan fingerprint density at radius 1 is 1.03 bits per heavy atom. The van der Waals surface area contributed by atoms with Crippen molar-refractivity contribution in [3.63, 3.8) is 0 Å². The highest BCUT2D eigenvalue weighted by molar-refractivity contribution is 7.14. The molecule has 1 aromatic heterocycles. The second-order valence-electron chi connectivity index (χ2n) is 6.51. The lowest BCUT2D eigenvalue weighted by Gasteiger charge is -2.03. The molecule has 31 heavy (non-hydrogen) atoms. The number of aromatic nitrogens is 1. The lowest BCUT2D eigenvalue weighted by Crippen LogP contribution is -2.17. The van der Waals surface area contributed by atoms with Crippen LogP contribution in [0.1, 0.15) is 15.9 Å². The van der Waals surface area contributed by atoms with Crippen LogP contribution in [0.15, 0.2) is 83.3 Å². The fourth-order valence-electron chi connectivity index (χ4n) is 2.73. The number of benzene rings is 3. The molecule has 6 nitrogen and oxygen atoms in total. The van der Waals surface area contributed by atoms with Gasteiger partial charge in [-0.2, -0.15) is 5.10 Å². The minimum Gasteiger partial charge on any atom is -0.507 e. The molecule has 0 aliphatic rings. The van der Waals surface area contributed by atoms with Gasteiger partial charge in [0.05, 0.1) is 11.9 Å². The predicted octanol–water partition coefficient (Wildman–Crippen LogP) is 5.68. The number of phenolic OH excluding ortho intramolecular Hbond substituents is 1. The standard InChI is InChI=1S/C23H17ClN4O2S/c24-18-9-11-19(12-10-18)26-23-27-20(14-31-23)15-5-7-16(8-6-15)22(30)28-25-13-17-3-1-2-4-21(17)29/h1-14,29H,(H,26,27)(H,28,30)/b25-13+. The first kappa shape index (κ1) is 20.6. The summed E-state index contributed by atoms with van der Waals surface area (Å²) in [5.41, 5.74) is 6.05. The summed E-state index contributed by atoms with van der Waals surface area (Å²) in [4.78, 5) is 16.9. The number of aromatic hydroxyl groups is 1. The van der Waals surface area contributed by atoms with E-state index in [1.165, 1.54) is 17.6 Å². The number of para-hydroxylation sites is 1. The first-order chi connectivity index (χ1) is 15.1. The Kier molecular flexibility index (Phi) is 6.26. The van der Waals surface area contributed by atoms with Crippen molar-refractivity contribution in [3.8, 4) is 17.0 Å². The maximum atomic E-state index is 12.3. The molecule has 0 unspecified atom stereocenters. The molecule has 3 N–H and O–H groups in total. The molecule has 0 radical (unpaired) electrons. The van der Waals surface area contributed by atoms with Crippen molar-refractivity contribution in [2.75, 3.05) is 5.32 Å². The Hall–Kier alpha value is -3.68. The van der Waals surface area contributed by atoms with E-state index in [-0.39, 0.29) is 11.7 Å². The Balaban J connectivity index is 1.39. The first-order valence-electron chi connectivity index (χ1n) is 9.28. The number of hydrazone groups is 1. The summed E-state index contributed by atoms with van der Waals surface area (Å²) in [6, 6.07) is 21.2. The smallest absolute Gasteiger partial charge is 0.271 e. The van der Waals surface area contributed by atoms with E-state index in [1.54, 1.807) is 36.4 Å². The predicted molar refractivity (Wildman–Crippen MR) is 125 cm³/mol. The highest BCUT2D eigenvalue weighted by atomic mass is 35.5. The van der Waals surface area contributed by atoms with Crippen LogP contribution < -0.4 is 10.7 Å². The van der Waals surface area contributed by atoms with Gasteiger partial charge in [0, 0.05) is 32.8 Å². The summed E-state index contributed by atoms with van der Waals surface area (Å²) in [7, 11) is 0. The normalized spacial score (nSPS) is 10.9. The van der Waals surface area contributed by atoms with Crippen molar-refractivity contribution < 1.29 is 9.90 Å². The number of nitrogens with zero attached hydrogens (tertiary/aromatic N) is 2. The van der Waals surface area contributed by atoms with Gasteiger partial charge in [0.15, 0.2) is 5.13 Å². The summed E-state index contributed by atoms with van der Waals surface area (Å²) in [6.07, 6.45) is 1.39. The van der Waals surface area contributed by atoms with Gasteiger partial charge >= 0.3 is 0 Å². The zero-order chi connectivity index (χ0) is 21.6. The molecule has 0 atom stereocenters. The van der Waals surface area contributed by atoms with Crippen LogP contribution in [0.25, 0.3) is 11.3 Å². The Labute approximate surface area is 187 Å². The number of hydrogen-bond donors (Lipinski definition) is 3. The third kappa shape index (κ3) is 5.28. The molecule has 8 heteroatoms. The van der Waals surface area contributed by atoms with Crippen molar-refractivity contribution in [1.29, 1.82) is 0 Å². The molecular weight excluding hydrogens is 432 g/mol. The number of hydrogen-bond acceptors (Lipinski definition) is 6. The zero-order valence-corrected chi connectivity index (χ0v) is 17.7. The number of carbonyl (C=O) groups excluding carboxylic acids is 1. The van der Waals surface area contributed by atoms with Gasteiger partial charge in [-0.3, -0.25) is 4.79 Å². The molecular formula is C23H17ClN4O2S. The quantitative estimate of drug-likeness (QED) is 0.262. The van der Waals surface area contributed by atoms with Gasteiger partial charge in [-0.1, -0.05) is 35.9 Å². The number of thiazole rings is 1. The number of phenols is 1. The largest absolute Gasteiger partial charge is 0.507 e. The van der Waals surface area contributed by atoms with E-state index in [0.29, 0.717) is 16.1 Å². The number of rotatable bonds is 6. The molecule has 0 spiro atoms. The van der Waals surface area contributed by atoms with Gasteiger partial charge in [-0.05, 0) is 48.5 Å². The average Bonchev–Trinajstić information content (AvgIpc) is 3.25. The lowest BCUT2D eigenvalue weighted by molar-refractivity contribution is 0.0955. The molecule has 0 fully saturated rings. The van der Waals surface area contributed by atoms with Gasteiger partial charge in [0.2, 0.25) is 0 Å². The van der Waals surface area contributed by atoms with E-state index < -0.39 is 0 Å². The third-order valence-corrected chi connectivity index (χ3v) is 5.36. The number of nitrogens with one attached hydrogen (secondary N) is 2. The van der Waals surface area contributed by atoms with Crippen molar-refractivity contribution in [2.24, 2.45) is 5.10 Å². The van der Waals surface area contributed by atoms with Crippen LogP contribution in [0, 0.1) is 0 Å². The maximum Gasteiger partial charge on any atom is 0.271 e. The molecule has 1 heterocycles. The summed E-state index contributed by atoms with van der Waals surface area (Å²) in [6.45, 7) is 0. The number of anilines is 2. The monoisotopic (exact) mass is 448 g/mol. The first-order valence-corrected chi connectivity index (χ1v) is 10.5. The summed E-state index contributed by atoms with van der Waals surface area (Å²) in [5, 5.41) is 20.2. The molecule has 0 saturated heterocycles. The lowest BCUT2D eigenvalue weighted by atomic mass is 10.1. The van der Waals surface area contributed by atoms with Crippen molar-refractivity contribution in [3.05, 3.63) is 94.3 Å². The van der Waals surface area contributed by atoms with Crippen LogP contribution in [0.4, 0.5) is 10.8 Å². The van der Waals surface area contributed by atoms with Crippen molar-refractivity contribution >= 4 is 45.9 Å². The summed E-state index contributed by atoms with van der Waals surface area (Å²) in [5.74, 6) is -0.250. The highest BCUT2D eigenvalue weighted by Crippen LogP contribution is 2.27. The molecule has 0 saturated carbocycles. The van der Waals surface area contributed by atoms with Crippen LogP contribution in [0.3, 0.4) is 0 Å². The molecule has 1 amide bonds. The van der Waals surface area contributed by atoms with Gasteiger partial charge in [0.1, 0.15) is 5.75 Å². The number of amides is 1. The van der Waals surface area contributed by atoms with Gasteiger partial charge in [-0.25, -0.2) is 10.4 Å². The van der Waals surface area contributed by atoms with Gasteiger partial charge in [-0.15, -0.1) is 11.3 Å². The third-order valence-electron chi connectivity index (χ3n) is 4.35. The zero-order valence-electron chi connectivity index (χ0n) is 16.1. The van der Waals surface area contributed by atoms with Crippen molar-refractivity contribution in [2.45, 2.75) is 0 Å². The Morgan fingerprint density at radius 2 is 1.77 bits per heavy atom. The minimum atomic E-state index is -0.346. The average molecular weight is 449 g/mol. The topological polar surface area (TPSA) is 86.6 Å². The molecule has 4 rings (SSSR count). The summed E-state index contributed by atoms with van der Waals surface area (Å²) < 4.78 is 0. The van der Waals surface area contributed by atoms with Crippen LogP contribution in [-0.2, 0) is 0 Å². The van der Waals surface area contributed by atoms with Gasteiger partial charge in [0.25, 0.3) is 5.91 Å². The fourth-order valence-corrected chi connectivity index (χ4v) is 3.60. The molecule has 0 aliphatic carbocycles. The molecule has 0 bridgehead atoms. The van der Waals surface area contributed by atoms with Crippen LogP contribution >= 0.6 is 22.9 Å². The van der Waals surface area contributed by atoms with Crippen LogP contribution in [0.2, 0.25) is 5.02 Å².